The number of nitrogens with zero attached hydrogens (tertiary/aromatic N) is 1. The molecule has 1 heterocycles. The van der Waals surface area contributed by atoms with Gasteiger partial charge in [0.1, 0.15) is 0 Å². The molecule has 5 heteroatoms. The van der Waals surface area contributed by atoms with E-state index in [4.69, 9.17) is 4.74 Å². The molecular formula is C10H20N2O2S. The average molecular weight is 232 g/mol. The van der Waals surface area contributed by atoms with E-state index in [2.05, 4.69) is 5.32 Å². The maximum Gasteiger partial charge on any atom is 0.232 e. The molecule has 0 atom stereocenters. The van der Waals surface area contributed by atoms with E-state index >= 15 is 0 Å². The van der Waals surface area contributed by atoms with Crippen molar-refractivity contribution in [2.75, 3.05) is 51.4 Å². The molecule has 0 spiro atoms. The monoisotopic (exact) mass is 232 g/mol. The zero-order valence-electron chi connectivity index (χ0n) is 9.33. The molecule has 0 aliphatic carbocycles. The average Bonchev–Trinajstić information content (AvgIpc) is 2.52. The minimum Gasteiger partial charge on any atom is -0.384 e. The molecule has 88 valence electrons. The summed E-state index contributed by atoms with van der Waals surface area (Å²) in [6, 6.07) is 0. The van der Waals surface area contributed by atoms with E-state index in [1.807, 2.05) is 4.90 Å². The van der Waals surface area contributed by atoms with Crippen LogP contribution in [0.2, 0.25) is 0 Å². The zero-order chi connectivity index (χ0) is 10.9. The normalized spacial score (nSPS) is 17.5. The second-order valence-corrected chi connectivity index (χ2v) is 4.63. The van der Waals surface area contributed by atoms with E-state index in [9.17, 15) is 4.79 Å². The van der Waals surface area contributed by atoms with Crippen LogP contribution in [0.1, 0.15) is 6.42 Å². The highest BCUT2D eigenvalue weighted by molar-refractivity contribution is 7.99. The molecular weight excluding hydrogens is 212 g/mol. The van der Waals surface area contributed by atoms with Crippen LogP contribution in [0.3, 0.4) is 0 Å². The zero-order valence-corrected chi connectivity index (χ0v) is 10.1. The van der Waals surface area contributed by atoms with Crippen LogP contribution in [0.5, 0.6) is 0 Å². The molecule has 1 aliphatic rings. The van der Waals surface area contributed by atoms with Crippen molar-refractivity contribution >= 4 is 17.7 Å². The number of rotatable bonds is 5. The predicted molar refractivity (Wildman–Crippen MR) is 63.3 cm³/mol. The number of methoxy groups -OCH3 is 1. The molecule has 1 amide bonds. The molecule has 0 aromatic heterocycles. The van der Waals surface area contributed by atoms with Crippen molar-refractivity contribution in [1.29, 1.82) is 0 Å². The van der Waals surface area contributed by atoms with Crippen LogP contribution < -0.4 is 5.32 Å². The SMILES string of the molecule is COCCSCC(=O)N1CCCNCC1. The van der Waals surface area contributed by atoms with Gasteiger partial charge < -0.3 is 15.0 Å². The van der Waals surface area contributed by atoms with Crippen molar-refractivity contribution in [1.82, 2.24) is 10.2 Å². The summed E-state index contributed by atoms with van der Waals surface area (Å²) in [7, 11) is 1.68. The fourth-order valence-electron chi connectivity index (χ4n) is 1.49. The predicted octanol–water partition coefficient (Wildman–Crippen LogP) is 0.188. The molecule has 0 aromatic carbocycles. The molecule has 0 aromatic rings. The van der Waals surface area contributed by atoms with Gasteiger partial charge in [-0.2, -0.15) is 0 Å². The standard InChI is InChI=1S/C10H20N2O2S/c1-14-7-8-15-9-10(13)12-5-2-3-11-4-6-12/h11H,2-9H2,1H3. The summed E-state index contributed by atoms with van der Waals surface area (Å²) in [5.41, 5.74) is 0. The van der Waals surface area contributed by atoms with Crippen LogP contribution in [-0.2, 0) is 9.53 Å². The van der Waals surface area contributed by atoms with Gasteiger partial charge in [-0.05, 0) is 13.0 Å². The molecule has 1 fully saturated rings. The molecule has 0 bridgehead atoms. The van der Waals surface area contributed by atoms with E-state index in [0.29, 0.717) is 5.75 Å². The molecule has 0 saturated carbocycles. The summed E-state index contributed by atoms with van der Waals surface area (Å²) in [6.07, 6.45) is 1.06. The second kappa shape index (κ2) is 7.96. The highest BCUT2D eigenvalue weighted by Gasteiger charge is 2.14. The summed E-state index contributed by atoms with van der Waals surface area (Å²) in [5, 5.41) is 3.29. The lowest BCUT2D eigenvalue weighted by atomic mass is 10.4. The van der Waals surface area contributed by atoms with Crippen molar-refractivity contribution in [2.45, 2.75) is 6.42 Å². The minimum atomic E-state index is 0.264. The number of hydrogen-bond donors (Lipinski definition) is 1. The number of hydrogen-bond acceptors (Lipinski definition) is 4. The van der Waals surface area contributed by atoms with Gasteiger partial charge in [0, 0.05) is 32.5 Å². The van der Waals surface area contributed by atoms with Gasteiger partial charge >= 0.3 is 0 Å². The highest BCUT2D eigenvalue weighted by Crippen LogP contribution is 2.04. The lowest BCUT2D eigenvalue weighted by Gasteiger charge is -2.19. The third-order valence-corrected chi connectivity index (χ3v) is 3.26. The Labute approximate surface area is 95.7 Å². The first-order valence-electron chi connectivity index (χ1n) is 5.40. The fraction of sp³-hybridized carbons (Fsp3) is 0.900. The number of ether oxygens (including phenoxy) is 1. The highest BCUT2D eigenvalue weighted by atomic mass is 32.2. The van der Waals surface area contributed by atoms with E-state index in [-0.39, 0.29) is 5.91 Å². The lowest BCUT2D eigenvalue weighted by Crippen LogP contribution is -2.35. The van der Waals surface area contributed by atoms with E-state index in [0.717, 1.165) is 45.0 Å². The first kappa shape index (κ1) is 12.8. The Balaban J connectivity index is 2.14. The van der Waals surface area contributed by atoms with E-state index < -0.39 is 0 Å². The van der Waals surface area contributed by atoms with Crippen molar-refractivity contribution < 1.29 is 9.53 Å². The summed E-state index contributed by atoms with van der Waals surface area (Å²) < 4.78 is 4.93. The molecule has 0 radical (unpaired) electrons. The van der Waals surface area contributed by atoms with Gasteiger partial charge in [-0.25, -0.2) is 0 Å². The Hall–Kier alpha value is -0.260. The Morgan fingerprint density at radius 1 is 1.47 bits per heavy atom. The van der Waals surface area contributed by atoms with E-state index in [1.165, 1.54) is 0 Å². The Morgan fingerprint density at radius 3 is 3.13 bits per heavy atom. The van der Waals surface area contributed by atoms with Crippen molar-refractivity contribution in [3.05, 3.63) is 0 Å². The first-order chi connectivity index (χ1) is 7.34. The third-order valence-electron chi connectivity index (χ3n) is 2.35. The smallest absolute Gasteiger partial charge is 0.232 e. The first-order valence-corrected chi connectivity index (χ1v) is 6.55. The molecule has 1 saturated heterocycles. The van der Waals surface area contributed by atoms with Gasteiger partial charge in [-0.1, -0.05) is 0 Å². The van der Waals surface area contributed by atoms with Gasteiger partial charge in [0.05, 0.1) is 12.4 Å². The second-order valence-electron chi connectivity index (χ2n) is 3.53. The van der Waals surface area contributed by atoms with Crippen molar-refractivity contribution in [2.24, 2.45) is 0 Å². The molecule has 1 aliphatic heterocycles. The summed E-state index contributed by atoms with van der Waals surface area (Å²) >= 11 is 1.65. The van der Waals surface area contributed by atoms with Crippen LogP contribution in [0.15, 0.2) is 0 Å². The number of amides is 1. The summed E-state index contributed by atoms with van der Waals surface area (Å²) in [5.74, 6) is 1.75. The molecule has 4 nitrogen and oxygen atoms in total. The van der Waals surface area contributed by atoms with Gasteiger partial charge in [0.25, 0.3) is 0 Å². The van der Waals surface area contributed by atoms with E-state index in [1.54, 1.807) is 18.9 Å². The maximum absolute atomic E-state index is 11.8. The van der Waals surface area contributed by atoms with Gasteiger partial charge in [0.2, 0.25) is 5.91 Å². The van der Waals surface area contributed by atoms with Crippen LogP contribution in [0.4, 0.5) is 0 Å². The van der Waals surface area contributed by atoms with Crippen LogP contribution >= 0.6 is 11.8 Å². The Kier molecular flexibility index (Phi) is 6.80. The molecule has 15 heavy (non-hydrogen) atoms. The number of nitrogens with one attached hydrogen (secondary N) is 1. The quantitative estimate of drug-likeness (QED) is 0.687. The van der Waals surface area contributed by atoms with Crippen molar-refractivity contribution in [3.63, 3.8) is 0 Å². The van der Waals surface area contributed by atoms with Gasteiger partial charge in [0.15, 0.2) is 0 Å². The summed E-state index contributed by atoms with van der Waals surface area (Å²) in [4.78, 5) is 13.7. The number of thioether (sulfide) groups is 1. The maximum atomic E-state index is 11.8. The Morgan fingerprint density at radius 2 is 2.33 bits per heavy atom. The Bertz CT molecular complexity index is 182. The van der Waals surface area contributed by atoms with Crippen LogP contribution in [0.25, 0.3) is 0 Å². The lowest BCUT2D eigenvalue weighted by molar-refractivity contribution is -0.128. The topological polar surface area (TPSA) is 41.6 Å². The number of carbonyl (C=O) groups is 1. The molecule has 1 N–H and O–H groups in total. The van der Waals surface area contributed by atoms with Gasteiger partial charge in [-0.15, -0.1) is 11.8 Å². The van der Waals surface area contributed by atoms with Crippen LogP contribution in [0, 0.1) is 0 Å². The van der Waals surface area contributed by atoms with Gasteiger partial charge in [-0.3, -0.25) is 4.79 Å². The summed E-state index contributed by atoms with van der Waals surface area (Å²) in [6.45, 7) is 4.43. The minimum absolute atomic E-state index is 0.264. The van der Waals surface area contributed by atoms with Crippen LogP contribution in [-0.4, -0.2) is 62.2 Å². The largest absolute Gasteiger partial charge is 0.384 e. The fourth-order valence-corrected chi connectivity index (χ4v) is 2.27. The molecule has 1 rings (SSSR count). The number of carbonyl (C=O) groups excluding carboxylic acids is 1. The van der Waals surface area contributed by atoms with Crippen molar-refractivity contribution in [3.8, 4) is 0 Å². The molecule has 0 unspecified atom stereocenters. The third kappa shape index (κ3) is 5.39.